The number of carbonyl (C=O) groups excluding carboxylic acids is 1. The van der Waals surface area contributed by atoms with Crippen molar-refractivity contribution in [3.8, 4) is 11.4 Å². The van der Waals surface area contributed by atoms with Crippen molar-refractivity contribution in [2.24, 2.45) is 0 Å². The molecule has 8 heteroatoms. The van der Waals surface area contributed by atoms with Crippen LogP contribution in [-0.4, -0.2) is 33.0 Å². The van der Waals surface area contributed by atoms with Gasteiger partial charge in [-0.05, 0) is 46.3 Å². The number of benzene rings is 2. The highest BCUT2D eigenvalue weighted by Gasteiger charge is 2.14. The second kappa shape index (κ2) is 6.64. The summed E-state index contributed by atoms with van der Waals surface area (Å²) >= 11 is 3.48. The lowest BCUT2D eigenvalue weighted by Gasteiger charge is -2.03. The van der Waals surface area contributed by atoms with Gasteiger partial charge in [-0.1, -0.05) is 12.1 Å². The van der Waals surface area contributed by atoms with Gasteiger partial charge in [-0.15, -0.1) is 0 Å². The molecule has 7 nitrogen and oxygen atoms in total. The van der Waals surface area contributed by atoms with E-state index in [1.54, 1.807) is 18.0 Å². The molecule has 26 heavy (non-hydrogen) atoms. The Morgan fingerprint density at radius 3 is 2.92 bits per heavy atom. The van der Waals surface area contributed by atoms with E-state index in [9.17, 15) is 4.79 Å². The quantitative estimate of drug-likeness (QED) is 0.535. The van der Waals surface area contributed by atoms with E-state index >= 15 is 0 Å². The second-order valence-corrected chi connectivity index (χ2v) is 6.42. The van der Waals surface area contributed by atoms with Crippen molar-refractivity contribution in [2.45, 2.75) is 0 Å². The van der Waals surface area contributed by atoms with Crippen LogP contribution < -0.4 is 10.1 Å². The number of nitrogens with zero attached hydrogens (tertiary/aromatic N) is 3. The fourth-order valence-corrected chi connectivity index (χ4v) is 3.07. The molecule has 0 radical (unpaired) electrons. The van der Waals surface area contributed by atoms with Crippen LogP contribution in [0.1, 0.15) is 10.4 Å². The molecule has 2 N–H and O–H groups in total. The van der Waals surface area contributed by atoms with Crippen molar-refractivity contribution in [3.63, 3.8) is 0 Å². The van der Waals surface area contributed by atoms with Gasteiger partial charge in [0.15, 0.2) is 5.82 Å². The third kappa shape index (κ3) is 2.95. The van der Waals surface area contributed by atoms with E-state index in [-0.39, 0.29) is 5.91 Å². The van der Waals surface area contributed by atoms with Gasteiger partial charge in [-0.2, -0.15) is 10.2 Å². The molecule has 0 aliphatic rings. The highest BCUT2D eigenvalue weighted by molar-refractivity contribution is 9.10. The summed E-state index contributed by atoms with van der Waals surface area (Å²) in [6.07, 6.45) is 3.19. The molecule has 0 bridgehead atoms. The Labute approximate surface area is 157 Å². The van der Waals surface area contributed by atoms with E-state index in [0.29, 0.717) is 17.1 Å². The number of anilines is 1. The minimum absolute atomic E-state index is 0.292. The summed E-state index contributed by atoms with van der Waals surface area (Å²) < 4.78 is 7.76. The summed E-state index contributed by atoms with van der Waals surface area (Å²) in [4.78, 5) is 12.6. The molecule has 4 aromatic rings. The van der Waals surface area contributed by atoms with Gasteiger partial charge in [0.1, 0.15) is 5.75 Å². The van der Waals surface area contributed by atoms with Crippen LogP contribution in [-0.2, 0) is 0 Å². The molecule has 0 spiro atoms. The Morgan fingerprint density at radius 1 is 1.27 bits per heavy atom. The number of aromatic nitrogens is 4. The van der Waals surface area contributed by atoms with Gasteiger partial charge >= 0.3 is 0 Å². The van der Waals surface area contributed by atoms with E-state index in [1.165, 1.54) is 6.20 Å². The first-order valence-corrected chi connectivity index (χ1v) is 8.58. The van der Waals surface area contributed by atoms with E-state index in [0.717, 1.165) is 21.1 Å². The summed E-state index contributed by atoms with van der Waals surface area (Å²) in [6.45, 7) is 0. The first-order chi connectivity index (χ1) is 12.7. The maximum Gasteiger partial charge on any atom is 0.260 e. The zero-order valence-corrected chi connectivity index (χ0v) is 15.3. The van der Waals surface area contributed by atoms with Crippen LogP contribution in [0.3, 0.4) is 0 Å². The fraction of sp³-hybridized carbons (Fsp3) is 0.0556. The number of H-pyrrole nitrogens is 1. The molecule has 2 aromatic carbocycles. The molecular formula is C18H14BrN5O2. The number of hydrogen-bond donors (Lipinski definition) is 2. The summed E-state index contributed by atoms with van der Waals surface area (Å²) in [6, 6.07) is 13.1. The standard InChI is InChI=1S/C18H14BrN5O2/c1-26-12-6-7-15-13(8-12)17(23-22-15)21-18(25)11-9-20-24(10-11)16-5-3-2-4-14(16)19/h2-10H,1H3,(H2,21,22,23,25). The van der Waals surface area contributed by atoms with Gasteiger partial charge in [-0.3, -0.25) is 9.89 Å². The van der Waals surface area contributed by atoms with Crippen LogP contribution in [0.25, 0.3) is 16.6 Å². The lowest BCUT2D eigenvalue weighted by Crippen LogP contribution is -2.11. The number of aromatic amines is 1. The highest BCUT2D eigenvalue weighted by Crippen LogP contribution is 2.26. The monoisotopic (exact) mass is 411 g/mol. The highest BCUT2D eigenvalue weighted by atomic mass is 79.9. The number of carbonyl (C=O) groups is 1. The van der Waals surface area contributed by atoms with Crippen LogP contribution in [0.5, 0.6) is 5.75 Å². The lowest BCUT2D eigenvalue weighted by molar-refractivity contribution is 0.102. The maximum atomic E-state index is 12.6. The Morgan fingerprint density at radius 2 is 2.12 bits per heavy atom. The number of fused-ring (bicyclic) bond motifs is 1. The molecule has 0 aliphatic carbocycles. The zero-order chi connectivity index (χ0) is 18.1. The van der Waals surface area contributed by atoms with Crippen molar-refractivity contribution in [1.29, 1.82) is 0 Å². The van der Waals surface area contributed by atoms with Crippen LogP contribution >= 0.6 is 15.9 Å². The minimum Gasteiger partial charge on any atom is -0.497 e. The number of halogens is 1. The average Bonchev–Trinajstić information content (AvgIpc) is 3.29. The number of nitrogens with one attached hydrogen (secondary N) is 2. The van der Waals surface area contributed by atoms with E-state index in [1.807, 2.05) is 42.5 Å². The molecule has 0 atom stereocenters. The molecule has 2 aromatic heterocycles. The minimum atomic E-state index is -0.292. The Balaban J connectivity index is 1.61. The van der Waals surface area contributed by atoms with Crippen LogP contribution in [0, 0.1) is 0 Å². The third-order valence-electron chi connectivity index (χ3n) is 3.95. The number of rotatable bonds is 4. The van der Waals surface area contributed by atoms with Gasteiger partial charge in [0.2, 0.25) is 0 Å². The molecule has 0 saturated heterocycles. The molecule has 0 unspecified atom stereocenters. The Hall–Kier alpha value is -3.13. The summed E-state index contributed by atoms with van der Waals surface area (Å²) in [5.41, 5.74) is 2.09. The lowest BCUT2D eigenvalue weighted by atomic mass is 10.2. The largest absolute Gasteiger partial charge is 0.497 e. The Kier molecular flexibility index (Phi) is 4.18. The van der Waals surface area contributed by atoms with Crippen LogP contribution in [0.4, 0.5) is 5.82 Å². The number of methoxy groups -OCH3 is 1. The van der Waals surface area contributed by atoms with Crippen LogP contribution in [0.2, 0.25) is 0 Å². The number of hydrogen-bond acceptors (Lipinski definition) is 4. The topological polar surface area (TPSA) is 84.8 Å². The van der Waals surface area contributed by atoms with Crippen molar-refractivity contribution < 1.29 is 9.53 Å². The number of amides is 1. The van der Waals surface area contributed by atoms with E-state index < -0.39 is 0 Å². The predicted molar refractivity (Wildman–Crippen MR) is 102 cm³/mol. The van der Waals surface area contributed by atoms with E-state index in [2.05, 4.69) is 36.5 Å². The molecule has 0 fully saturated rings. The summed E-state index contributed by atoms with van der Waals surface area (Å²) in [7, 11) is 1.59. The average molecular weight is 412 g/mol. The molecule has 4 rings (SSSR count). The smallest absolute Gasteiger partial charge is 0.260 e. The normalized spacial score (nSPS) is 10.8. The van der Waals surface area contributed by atoms with Gasteiger partial charge in [-0.25, -0.2) is 4.68 Å². The van der Waals surface area contributed by atoms with Crippen LogP contribution in [0.15, 0.2) is 59.3 Å². The van der Waals surface area contributed by atoms with Gasteiger partial charge in [0.05, 0.1) is 30.1 Å². The summed E-state index contributed by atoms with van der Waals surface area (Å²) in [5.74, 6) is 0.841. The number of ether oxygens (including phenoxy) is 1. The molecule has 2 heterocycles. The van der Waals surface area contributed by atoms with Crippen molar-refractivity contribution in [2.75, 3.05) is 12.4 Å². The first-order valence-electron chi connectivity index (χ1n) is 7.79. The number of para-hydroxylation sites is 1. The third-order valence-corrected chi connectivity index (χ3v) is 4.62. The molecule has 1 amide bonds. The van der Waals surface area contributed by atoms with Gasteiger partial charge in [0.25, 0.3) is 5.91 Å². The summed E-state index contributed by atoms with van der Waals surface area (Å²) in [5, 5.41) is 14.9. The molecule has 0 aliphatic heterocycles. The second-order valence-electron chi connectivity index (χ2n) is 5.56. The van der Waals surface area contributed by atoms with Crippen molar-refractivity contribution in [3.05, 3.63) is 64.9 Å². The molecule has 130 valence electrons. The first kappa shape index (κ1) is 16.3. The zero-order valence-electron chi connectivity index (χ0n) is 13.7. The molecular weight excluding hydrogens is 398 g/mol. The van der Waals surface area contributed by atoms with Crippen molar-refractivity contribution >= 4 is 38.6 Å². The van der Waals surface area contributed by atoms with E-state index in [4.69, 9.17) is 4.74 Å². The maximum absolute atomic E-state index is 12.6. The molecule has 0 saturated carbocycles. The SMILES string of the molecule is COc1ccc2[nH]nc(NC(=O)c3cnn(-c4ccccc4Br)c3)c2c1. The predicted octanol–water partition coefficient (Wildman–Crippen LogP) is 3.77. The van der Waals surface area contributed by atoms with Gasteiger partial charge in [0, 0.05) is 16.1 Å². The van der Waals surface area contributed by atoms with Crippen molar-refractivity contribution in [1.82, 2.24) is 20.0 Å². The van der Waals surface area contributed by atoms with Gasteiger partial charge < -0.3 is 10.1 Å². The Bertz CT molecular complexity index is 1100. The fourth-order valence-electron chi connectivity index (χ4n) is 2.60.